The lowest BCUT2D eigenvalue weighted by molar-refractivity contribution is -0.143. The van der Waals surface area contributed by atoms with Crippen LogP contribution in [0.2, 0.25) is 0 Å². The van der Waals surface area contributed by atoms with Gasteiger partial charge < -0.3 is 4.74 Å². The molecule has 0 saturated heterocycles. The summed E-state index contributed by atoms with van der Waals surface area (Å²) in [6.07, 6.45) is 13.6. The molecule has 1 atom stereocenters. The third-order valence-electron chi connectivity index (χ3n) is 3.76. The molecule has 0 amide bonds. The summed E-state index contributed by atoms with van der Waals surface area (Å²) in [5.41, 5.74) is 0. The molecule has 0 bridgehead atoms. The van der Waals surface area contributed by atoms with E-state index in [1.165, 1.54) is 32.1 Å². The van der Waals surface area contributed by atoms with Crippen LogP contribution in [0.25, 0.3) is 0 Å². The Bertz CT molecular complexity index is 330. The van der Waals surface area contributed by atoms with Crippen molar-refractivity contribution in [3.8, 4) is 11.8 Å². The number of carbonyl (C=O) groups is 1. The lowest BCUT2D eigenvalue weighted by Crippen LogP contribution is -2.06. The molecule has 0 aliphatic rings. The average molecular weight is 343 g/mol. The van der Waals surface area contributed by atoms with E-state index in [9.17, 15) is 4.79 Å². The van der Waals surface area contributed by atoms with Gasteiger partial charge in [-0.05, 0) is 25.7 Å². The van der Waals surface area contributed by atoms with E-state index in [0.29, 0.717) is 13.0 Å². The summed E-state index contributed by atoms with van der Waals surface area (Å²) in [5, 5.41) is -0.0776. The van der Waals surface area contributed by atoms with E-state index in [0.717, 1.165) is 44.9 Å². The van der Waals surface area contributed by atoms with E-state index in [1.54, 1.807) is 0 Å². The second-order valence-corrected chi connectivity index (χ2v) is 6.65. The van der Waals surface area contributed by atoms with Gasteiger partial charge in [0.15, 0.2) is 0 Å². The zero-order valence-electron chi connectivity index (χ0n) is 15.2. The molecule has 0 aromatic carbocycles. The predicted octanol–water partition coefficient (Wildman–Crippen LogP) is 6.25. The summed E-state index contributed by atoms with van der Waals surface area (Å²) in [6, 6.07) is 0. The molecule has 1 unspecified atom stereocenters. The predicted molar refractivity (Wildman–Crippen MR) is 99.7 cm³/mol. The van der Waals surface area contributed by atoms with Gasteiger partial charge in [-0.25, -0.2) is 0 Å². The van der Waals surface area contributed by atoms with Crippen LogP contribution in [0, 0.1) is 11.8 Å². The van der Waals surface area contributed by atoms with Crippen molar-refractivity contribution >= 4 is 17.6 Å². The first-order valence-electron chi connectivity index (χ1n) is 9.48. The van der Waals surface area contributed by atoms with Crippen molar-refractivity contribution in [3.05, 3.63) is 0 Å². The summed E-state index contributed by atoms with van der Waals surface area (Å²) >= 11 is 6.16. The molecule has 0 saturated carbocycles. The van der Waals surface area contributed by atoms with Crippen molar-refractivity contribution < 1.29 is 9.53 Å². The fourth-order valence-corrected chi connectivity index (χ4v) is 2.51. The second-order valence-electron chi connectivity index (χ2n) is 6.13. The Kier molecular flexibility index (Phi) is 17.1. The Morgan fingerprint density at radius 1 is 0.957 bits per heavy atom. The van der Waals surface area contributed by atoms with Gasteiger partial charge in [-0.15, -0.1) is 17.5 Å². The normalized spacial score (nSPS) is 11.6. The zero-order chi connectivity index (χ0) is 17.2. The van der Waals surface area contributed by atoms with E-state index >= 15 is 0 Å². The van der Waals surface area contributed by atoms with E-state index in [-0.39, 0.29) is 11.3 Å². The standard InChI is InChI=1S/C20H35ClO2/c1-3-5-7-9-11-15-19(21)16-12-13-17-20(22)23-18-14-10-8-6-4-2/h19H,3-10,12-14,16-18H2,1-2H3. The number of hydrogen-bond donors (Lipinski definition) is 0. The van der Waals surface area contributed by atoms with Gasteiger partial charge in [0.1, 0.15) is 0 Å². The highest BCUT2D eigenvalue weighted by atomic mass is 35.5. The summed E-state index contributed by atoms with van der Waals surface area (Å²) in [7, 11) is 0. The van der Waals surface area contributed by atoms with Crippen LogP contribution >= 0.6 is 11.6 Å². The molecule has 0 aliphatic heterocycles. The van der Waals surface area contributed by atoms with Crippen molar-refractivity contribution in [1.82, 2.24) is 0 Å². The molecule has 0 aromatic rings. The Morgan fingerprint density at radius 2 is 1.65 bits per heavy atom. The molecule has 0 N–H and O–H groups in total. The van der Waals surface area contributed by atoms with Crippen LogP contribution in [0.1, 0.15) is 97.3 Å². The summed E-state index contributed by atoms with van der Waals surface area (Å²) in [6.45, 7) is 4.96. The number of alkyl halides is 1. The molecule has 0 aromatic heterocycles. The van der Waals surface area contributed by atoms with Crippen LogP contribution in [0.4, 0.5) is 0 Å². The number of halogens is 1. The fraction of sp³-hybridized carbons (Fsp3) is 0.850. The molecule has 0 radical (unpaired) electrons. The van der Waals surface area contributed by atoms with Crippen LogP contribution in [0.5, 0.6) is 0 Å². The quantitative estimate of drug-likeness (QED) is 0.161. The molecule has 2 nitrogen and oxygen atoms in total. The molecule has 0 fully saturated rings. The van der Waals surface area contributed by atoms with Crippen LogP contribution < -0.4 is 0 Å². The third kappa shape index (κ3) is 17.5. The van der Waals surface area contributed by atoms with E-state index < -0.39 is 0 Å². The Labute approximate surface area is 148 Å². The molecule has 0 aliphatic carbocycles. The van der Waals surface area contributed by atoms with Gasteiger partial charge in [0.25, 0.3) is 0 Å². The molecule has 0 spiro atoms. The molecule has 0 heterocycles. The highest BCUT2D eigenvalue weighted by molar-refractivity contribution is 6.22. The molecule has 23 heavy (non-hydrogen) atoms. The van der Waals surface area contributed by atoms with Crippen LogP contribution in [0.3, 0.4) is 0 Å². The topological polar surface area (TPSA) is 26.3 Å². The average Bonchev–Trinajstić information content (AvgIpc) is 2.54. The smallest absolute Gasteiger partial charge is 0.305 e. The van der Waals surface area contributed by atoms with Gasteiger partial charge >= 0.3 is 5.97 Å². The van der Waals surface area contributed by atoms with Crippen LogP contribution in [-0.4, -0.2) is 18.0 Å². The van der Waals surface area contributed by atoms with Gasteiger partial charge in [0.2, 0.25) is 0 Å². The number of unbranched alkanes of at least 4 members (excludes halogenated alkanes) is 8. The monoisotopic (exact) mass is 342 g/mol. The van der Waals surface area contributed by atoms with E-state index in [2.05, 4.69) is 25.7 Å². The minimum absolute atomic E-state index is 0.0720. The number of carbonyl (C=O) groups excluding carboxylic acids is 1. The first-order valence-corrected chi connectivity index (χ1v) is 9.92. The van der Waals surface area contributed by atoms with Gasteiger partial charge in [0, 0.05) is 12.8 Å². The minimum Gasteiger partial charge on any atom is -0.466 e. The first-order chi connectivity index (χ1) is 11.2. The summed E-state index contributed by atoms with van der Waals surface area (Å²) < 4.78 is 5.23. The lowest BCUT2D eigenvalue weighted by Gasteiger charge is -2.05. The Morgan fingerprint density at radius 3 is 2.39 bits per heavy atom. The fourth-order valence-electron chi connectivity index (χ4n) is 2.28. The van der Waals surface area contributed by atoms with Crippen molar-refractivity contribution in [2.75, 3.05) is 6.61 Å². The maximum Gasteiger partial charge on any atom is 0.305 e. The highest BCUT2D eigenvalue weighted by Crippen LogP contribution is 2.10. The Hall–Kier alpha value is -0.680. The summed E-state index contributed by atoms with van der Waals surface area (Å²) in [5.74, 6) is 6.16. The summed E-state index contributed by atoms with van der Waals surface area (Å²) in [4.78, 5) is 11.6. The minimum atomic E-state index is -0.0776. The highest BCUT2D eigenvalue weighted by Gasteiger charge is 2.04. The lowest BCUT2D eigenvalue weighted by atomic mass is 10.1. The molecular formula is C20H35ClO2. The van der Waals surface area contributed by atoms with Crippen LogP contribution in [0.15, 0.2) is 0 Å². The maximum atomic E-state index is 11.6. The largest absolute Gasteiger partial charge is 0.466 e. The second kappa shape index (κ2) is 17.7. The Balaban J connectivity index is 3.43. The van der Waals surface area contributed by atoms with Gasteiger partial charge in [-0.1, -0.05) is 64.7 Å². The number of hydrogen-bond acceptors (Lipinski definition) is 2. The van der Waals surface area contributed by atoms with Crippen molar-refractivity contribution in [2.24, 2.45) is 0 Å². The molecule has 134 valence electrons. The van der Waals surface area contributed by atoms with E-state index in [4.69, 9.17) is 16.3 Å². The van der Waals surface area contributed by atoms with E-state index in [1.807, 2.05) is 0 Å². The third-order valence-corrected chi connectivity index (χ3v) is 4.09. The van der Waals surface area contributed by atoms with Crippen molar-refractivity contribution in [2.45, 2.75) is 103 Å². The van der Waals surface area contributed by atoms with Gasteiger partial charge in [-0.3, -0.25) is 4.79 Å². The van der Waals surface area contributed by atoms with Crippen molar-refractivity contribution in [3.63, 3.8) is 0 Å². The molecular weight excluding hydrogens is 308 g/mol. The SMILES string of the molecule is CCCCCC#CC(Cl)CCCCC(=O)OCCCCCCC. The zero-order valence-corrected chi connectivity index (χ0v) is 15.9. The molecule has 0 rings (SSSR count). The van der Waals surface area contributed by atoms with Crippen molar-refractivity contribution in [1.29, 1.82) is 0 Å². The number of esters is 1. The molecule has 3 heteroatoms. The van der Waals surface area contributed by atoms with Gasteiger partial charge in [-0.2, -0.15) is 0 Å². The van der Waals surface area contributed by atoms with Crippen LogP contribution in [-0.2, 0) is 9.53 Å². The number of ether oxygens (including phenoxy) is 1. The number of rotatable bonds is 14. The first kappa shape index (κ1) is 22.3. The van der Waals surface area contributed by atoms with Gasteiger partial charge in [0.05, 0.1) is 12.0 Å². The maximum absolute atomic E-state index is 11.6.